The molecule has 2 rings (SSSR count). The third kappa shape index (κ3) is 3.68. The highest BCUT2D eigenvalue weighted by Crippen LogP contribution is 2.17. The summed E-state index contributed by atoms with van der Waals surface area (Å²) in [6.07, 6.45) is 4.30. The molecular weight excluding hydrogens is 254 g/mol. The average molecular weight is 273 g/mol. The van der Waals surface area contributed by atoms with Crippen molar-refractivity contribution >= 4 is 5.91 Å². The summed E-state index contributed by atoms with van der Waals surface area (Å²) in [4.78, 5) is 16.1. The first-order valence-electron chi connectivity index (χ1n) is 6.50. The van der Waals surface area contributed by atoms with Crippen LogP contribution >= 0.6 is 0 Å². The second-order valence-electron chi connectivity index (χ2n) is 4.62. The molecule has 1 N–H and O–H groups in total. The Morgan fingerprint density at radius 3 is 2.75 bits per heavy atom. The van der Waals surface area contributed by atoms with Crippen molar-refractivity contribution in [3.8, 4) is 0 Å². The Morgan fingerprint density at radius 1 is 1.40 bits per heavy atom. The maximum Gasteiger partial charge on any atom is 0.246 e. The normalized spacial score (nSPS) is 12.1. The molecule has 1 aromatic heterocycles. The lowest BCUT2D eigenvalue weighted by Gasteiger charge is -2.19. The molecule has 2 aromatic rings. The number of carbonyl (C=O) groups is 1. The number of aromatic nitrogens is 2. The number of hydrogen-bond donors (Lipinski definition) is 1. The van der Waals surface area contributed by atoms with Gasteiger partial charge >= 0.3 is 0 Å². The van der Waals surface area contributed by atoms with E-state index in [-0.39, 0.29) is 18.6 Å². The maximum absolute atomic E-state index is 11.8. The fourth-order valence-electron chi connectivity index (χ4n) is 2.08. The minimum absolute atomic E-state index is 0.0594. The quantitative estimate of drug-likeness (QED) is 0.867. The van der Waals surface area contributed by atoms with E-state index in [1.807, 2.05) is 48.1 Å². The minimum Gasteiger partial charge on any atom is -0.375 e. The average Bonchev–Trinajstić information content (AvgIpc) is 2.85. The van der Waals surface area contributed by atoms with Crippen LogP contribution in [0.1, 0.15) is 17.4 Å². The van der Waals surface area contributed by atoms with Gasteiger partial charge in [0.1, 0.15) is 12.4 Å². The van der Waals surface area contributed by atoms with Gasteiger partial charge in [0.05, 0.1) is 6.04 Å². The highest BCUT2D eigenvalue weighted by atomic mass is 16.5. The summed E-state index contributed by atoms with van der Waals surface area (Å²) < 4.78 is 6.82. The van der Waals surface area contributed by atoms with Crippen LogP contribution < -0.4 is 5.32 Å². The fourth-order valence-corrected chi connectivity index (χ4v) is 2.08. The van der Waals surface area contributed by atoms with Crippen molar-refractivity contribution < 1.29 is 9.53 Å². The van der Waals surface area contributed by atoms with E-state index < -0.39 is 0 Å². The van der Waals surface area contributed by atoms with E-state index in [0.717, 1.165) is 11.4 Å². The van der Waals surface area contributed by atoms with Gasteiger partial charge in [-0.05, 0) is 5.56 Å². The van der Waals surface area contributed by atoms with E-state index in [0.29, 0.717) is 6.42 Å². The summed E-state index contributed by atoms with van der Waals surface area (Å²) in [5, 5.41) is 2.98. The molecule has 1 heterocycles. The summed E-state index contributed by atoms with van der Waals surface area (Å²) in [7, 11) is 3.46. The highest BCUT2D eigenvalue weighted by Gasteiger charge is 2.16. The van der Waals surface area contributed by atoms with E-state index in [4.69, 9.17) is 4.74 Å². The summed E-state index contributed by atoms with van der Waals surface area (Å²) in [5.74, 6) is 0.798. The van der Waals surface area contributed by atoms with Gasteiger partial charge in [-0.2, -0.15) is 0 Å². The molecule has 5 heteroatoms. The van der Waals surface area contributed by atoms with Gasteiger partial charge in [-0.15, -0.1) is 0 Å². The number of benzene rings is 1. The summed E-state index contributed by atoms with van der Waals surface area (Å²) in [5.41, 5.74) is 1.06. The zero-order valence-corrected chi connectivity index (χ0v) is 11.7. The minimum atomic E-state index is -0.129. The van der Waals surface area contributed by atoms with Crippen molar-refractivity contribution in [2.45, 2.75) is 12.5 Å². The number of nitrogens with one attached hydrogen (secondary N) is 1. The monoisotopic (exact) mass is 273 g/mol. The lowest BCUT2D eigenvalue weighted by atomic mass is 10.0. The zero-order valence-electron chi connectivity index (χ0n) is 11.7. The van der Waals surface area contributed by atoms with Gasteiger partial charge in [0, 0.05) is 33.0 Å². The van der Waals surface area contributed by atoms with Crippen molar-refractivity contribution in [3.05, 3.63) is 54.1 Å². The number of rotatable bonds is 6. The Bertz CT molecular complexity index is 551. The van der Waals surface area contributed by atoms with Gasteiger partial charge in [-0.25, -0.2) is 4.98 Å². The molecule has 1 atom stereocenters. The zero-order chi connectivity index (χ0) is 14.4. The number of imidazole rings is 1. The molecule has 20 heavy (non-hydrogen) atoms. The summed E-state index contributed by atoms with van der Waals surface area (Å²) in [6.45, 7) is 0.0594. The van der Waals surface area contributed by atoms with Gasteiger partial charge in [-0.1, -0.05) is 30.3 Å². The molecule has 0 bridgehead atoms. The molecule has 0 aliphatic rings. The molecule has 0 aliphatic heterocycles. The van der Waals surface area contributed by atoms with Crippen molar-refractivity contribution in [3.63, 3.8) is 0 Å². The standard InChI is InChI=1S/C15H19N3O2/c1-18-9-8-16-14(18)10-13(17-15(19)11-20-2)12-6-4-3-5-7-12/h3-9,13H,10-11H2,1-2H3,(H,17,19)/t13-/m0/s1. The molecule has 0 unspecified atom stereocenters. The third-order valence-corrected chi connectivity index (χ3v) is 3.12. The van der Waals surface area contributed by atoms with E-state index in [1.54, 1.807) is 6.20 Å². The second-order valence-corrected chi connectivity index (χ2v) is 4.62. The van der Waals surface area contributed by atoms with Crippen molar-refractivity contribution in [2.24, 2.45) is 7.05 Å². The number of hydrogen-bond acceptors (Lipinski definition) is 3. The van der Waals surface area contributed by atoms with E-state index in [9.17, 15) is 4.79 Å². The topological polar surface area (TPSA) is 56.1 Å². The van der Waals surface area contributed by atoms with Gasteiger partial charge in [-0.3, -0.25) is 4.79 Å². The number of ether oxygens (including phenoxy) is 1. The molecule has 0 radical (unpaired) electrons. The lowest BCUT2D eigenvalue weighted by Crippen LogP contribution is -2.33. The number of carbonyl (C=O) groups excluding carboxylic acids is 1. The van der Waals surface area contributed by atoms with Crippen molar-refractivity contribution in [2.75, 3.05) is 13.7 Å². The molecular formula is C15H19N3O2. The van der Waals surface area contributed by atoms with Crippen molar-refractivity contribution in [1.29, 1.82) is 0 Å². The first-order chi connectivity index (χ1) is 9.70. The molecule has 106 valence electrons. The van der Waals surface area contributed by atoms with Crippen molar-refractivity contribution in [1.82, 2.24) is 14.9 Å². The van der Waals surface area contributed by atoms with Crippen LogP contribution in [-0.4, -0.2) is 29.2 Å². The number of methoxy groups -OCH3 is 1. The number of nitrogens with zero attached hydrogens (tertiary/aromatic N) is 2. The molecule has 5 nitrogen and oxygen atoms in total. The van der Waals surface area contributed by atoms with Crippen LogP contribution in [0.5, 0.6) is 0 Å². The number of aryl methyl sites for hydroxylation is 1. The lowest BCUT2D eigenvalue weighted by molar-refractivity contribution is -0.125. The first-order valence-corrected chi connectivity index (χ1v) is 6.50. The van der Waals surface area contributed by atoms with Gasteiger partial charge in [0.2, 0.25) is 5.91 Å². The first kappa shape index (κ1) is 14.3. The molecule has 0 spiro atoms. The van der Waals surface area contributed by atoms with Crippen LogP contribution in [0.4, 0.5) is 0 Å². The predicted octanol–water partition coefficient (Wildman–Crippen LogP) is 1.47. The SMILES string of the molecule is COCC(=O)N[C@@H](Cc1nccn1C)c1ccccc1. The molecule has 1 aromatic carbocycles. The maximum atomic E-state index is 11.8. The molecule has 0 saturated carbocycles. The van der Waals surface area contributed by atoms with E-state index in [1.165, 1.54) is 7.11 Å². The number of amides is 1. The predicted molar refractivity (Wildman–Crippen MR) is 76.1 cm³/mol. The Balaban J connectivity index is 2.16. The smallest absolute Gasteiger partial charge is 0.246 e. The Morgan fingerprint density at radius 2 is 2.15 bits per heavy atom. The van der Waals surface area contributed by atoms with Gasteiger partial charge in [0.25, 0.3) is 0 Å². The fraction of sp³-hybridized carbons (Fsp3) is 0.333. The van der Waals surface area contributed by atoms with Crippen LogP contribution in [0.15, 0.2) is 42.7 Å². The third-order valence-electron chi connectivity index (χ3n) is 3.12. The highest BCUT2D eigenvalue weighted by molar-refractivity contribution is 5.77. The molecule has 0 saturated heterocycles. The Labute approximate surface area is 118 Å². The Hall–Kier alpha value is -2.14. The van der Waals surface area contributed by atoms with Crippen LogP contribution in [0.3, 0.4) is 0 Å². The van der Waals surface area contributed by atoms with Gasteiger partial charge < -0.3 is 14.6 Å². The van der Waals surface area contributed by atoms with Crippen LogP contribution in [0.2, 0.25) is 0 Å². The molecule has 0 aliphatic carbocycles. The van der Waals surface area contributed by atoms with E-state index in [2.05, 4.69) is 10.3 Å². The second kappa shape index (κ2) is 6.86. The summed E-state index contributed by atoms with van der Waals surface area (Å²) in [6, 6.07) is 9.77. The largest absolute Gasteiger partial charge is 0.375 e. The summed E-state index contributed by atoms with van der Waals surface area (Å²) >= 11 is 0. The molecule has 0 fully saturated rings. The molecule has 1 amide bonds. The van der Waals surface area contributed by atoms with E-state index >= 15 is 0 Å². The Kier molecular flexibility index (Phi) is 4.90. The van der Waals surface area contributed by atoms with Crippen LogP contribution in [0.25, 0.3) is 0 Å². The van der Waals surface area contributed by atoms with Crippen LogP contribution in [-0.2, 0) is 23.0 Å². The van der Waals surface area contributed by atoms with Crippen LogP contribution in [0, 0.1) is 0 Å². The van der Waals surface area contributed by atoms with Gasteiger partial charge in [0.15, 0.2) is 0 Å².